The molecule has 25 heavy (non-hydrogen) atoms. The van der Waals surface area contributed by atoms with Crippen LogP contribution in [0.5, 0.6) is 0 Å². The van der Waals surface area contributed by atoms with E-state index in [-0.39, 0.29) is 11.8 Å². The van der Waals surface area contributed by atoms with Crippen molar-refractivity contribution in [3.63, 3.8) is 0 Å². The number of nitrogens with zero attached hydrogens (tertiary/aromatic N) is 2. The molecule has 4 rings (SSSR count). The Morgan fingerprint density at radius 3 is 2.68 bits per heavy atom. The molecule has 1 saturated heterocycles. The first-order valence-corrected chi connectivity index (χ1v) is 9.58. The molecular formula is C18H21FN4OS. The van der Waals surface area contributed by atoms with Gasteiger partial charge in [0, 0.05) is 36.4 Å². The maximum Gasteiger partial charge on any atom is 0.321 e. The normalized spacial score (nSPS) is 18.2. The summed E-state index contributed by atoms with van der Waals surface area (Å²) in [5.74, 6) is 0.153. The fraction of sp³-hybridized carbons (Fsp3) is 0.444. The summed E-state index contributed by atoms with van der Waals surface area (Å²) < 4.78 is 14.1. The second-order valence-corrected chi connectivity index (χ2v) is 7.58. The second kappa shape index (κ2) is 7.00. The van der Waals surface area contributed by atoms with E-state index in [0.717, 1.165) is 36.4 Å². The fourth-order valence-electron chi connectivity index (χ4n) is 3.23. The van der Waals surface area contributed by atoms with Gasteiger partial charge in [0.1, 0.15) is 5.82 Å². The number of halogens is 1. The van der Waals surface area contributed by atoms with Gasteiger partial charge in [-0.3, -0.25) is 0 Å². The average molecular weight is 360 g/mol. The van der Waals surface area contributed by atoms with Crippen molar-refractivity contribution < 1.29 is 9.18 Å². The molecule has 0 spiro atoms. The molecule has 0 bridgehead atoms. The Kier molecular flexibility index (Phi) is 4.57. The van der Waals surface area contributed by atoms with Crippen LogP contribution in [-0.4, -0.2) is 35.0 Å². The van der Waals surface area contributed by atoms with Crippen LogP contribution in [0.3, 0.4) is 0 Å². The minimum absolute atomic E-state index is 0.161. The number of rotatable bonds is 4. The first-order chi connectivity index (χ1) is 12.2. The van der Waals surface area contributed by atoms with Crippen molar-refractivity contribution >= 4 is 28.2 Å². The molecule has 0 atom stereocenters. The number of hydrogen-bond donors (Lipinski definition) is 2. The van der Waals surface area contributed by atoms with E-state index in [0.29, 0.717) is 30.7 Å². The highest BCUT2D eigenvalue weighted by Crippen LogP contribution is 2.41. The molecule has 7 heteroatoms. The van der Waals surface area contributed by atoms with Crippen molar-refractivity contribution in [1.82, 2.24) is 9.88 Å². The number of thiazole rings is 1. The smallest absolute Gasteiger partial charge is 0.321 e. The van der Waals surface area contributed by atoms with Gasteiger partial charge >= 0.3 is 6.03 Å². The van der Waals surface area contributed by atoms with E-state index >= 15 is 0 Å². The highest BCUT2D eigenvalue weighted by Gasteiger charge is 2.27. The number of anilines is 2. The van der Waals surface area contributed by atoms with Crippen LogP contribution in [0.15, 0.2) is 29.8 Å². The van der Waals surface area contributed by atoms with Gasteiger partial charge in [0.2, 0.25) is 0 Å². The number of carbonyl (C=O) groups excluding carboxylic acids is 1. The Balaban J connectivity index is 1.29. The maximum atomic E-state index is 14.1. The highest BCUT2D eigenvalue weighted by atomic mass is 32.1. The molecular weight excluding hydrogens is 339 g/mol. The van der Waals surface area contributed by atoms with Gasteiger partial charge in [-0.2, -0.15) is 0 Å². The second-order valence-electron chi connectivity index (χ2n) is 6.68. The predicted molar refractivity (Wildman–Crippen MR) is 97.7 cm³/mol. The zero-order chi connectivity index (χ0) is 17.2. The number of aromatic nitrogens is 1. The average Bonchev–Trinajstić information content (AvgIpc) is 3.32. The van der Waals surface area contributed by atoms with Gasteiger partial charge in [-0.25, -0.2) is 14.2 Å². The van der Waals surface area contributed by atoms with Crippen molar-refractivity contribution in [1.29, 1.82) is 0 Å². The molecule has 1 saturated carbocycles. The minimum atomic E-state index is -0.216. The number of piperidine rings is 1. The monoisotopic (exact) mass is 360 g/mol. The van der Waals surface area contributed by atoms with Crippen LogP contribution in [0.1, 0.15) is 37.2 Å². The molecule has 2 fully saturated rings. The Labute approximate surface area is 150 Å². The molecule has 1 aliphatic heterocycles. The number of carbonyl (C=O) groups is 1. The van der Waals surface area contributed by atoms with E-state index in [2.05, 4.69) is 15.6 Å². The summed E-state index contributed by atoms with van der Waals surface area (Å²) in [6.45, 7) is 1.36. The van der Waals surface area contributed by atoms with E-state index in [1.54, 1.807) is 34.6 Å². The van der Waals surface area contributed by atoms with Crippen LogP contribution < -0.4 is 10.6 Å². The molecule has 2 aromatic rings. The lowest BCUT2D eigenvalue weighted by Gasteiger charge is -2.32. The number of nitrogens with one attached hydrogen (secondary N) is 2. The molecule has 0 unspecified atom stereocenters. The zero-order valence-electron chi connectivity index (χ0n) is 13.9. The number of benzene rings is 1. The van der Waals surface area contributed by atoms with Crippen molar-refractivity contribution in [2.75, 3.05) is 23.7 Å². The third kappa shape index (κ3) is 3.92. The number of urea groups is 1. The summed E-state index contributed by atoms with van der Waals surface area (Å²) in [6.07, 6.45) is 5.66. The first-order valence-electron chi connectivity index (χ1n) is 8.70. The van der Waals surface area contributed by atoms with Crippen molar-refractivity contribution in [2.45, 2.75) is 37.6 Å². The third-order valence-corrected chi connectivity index (χ3v) is 5.52. The topological polar surface area (TPSA) is 57.3 Å². The number of hydrogen-bond acceptors (Lipinski definition) is 4. The summed E-state index contributed by atoms with van der Waals surface area (Å²) >= 11 is 1.58. The fourth-order valence-corrected chi connectivity index (χ4v) is 3.84. The van der Waals surface area contributed by atoms with Gasteiger partial charge in [0.15, 0.2) is 5.13 Å². The number of likely N-dealkylation sites (tertiary alicyclic amines) is 1. The van der Waals surface area contributed by atoms with Gasteiger partial charge in [-0.1, -0.05) is 6.07 Å². The molecule has 132 valence electrons. The molecule has 2 aliphatic rings. The highest BCUT2D eigenvalue weighted by molar-refractivity contribution is 7.13. The molecule has 1 aliphatic carbocycles. The lowest BCUT2D eigenvalue weighted by molar-refractivity contribution is 0.197. The summed E-state index contributed by atoms with van der Waals surface area (Å²) in [4.78, 5) is 18.4. The van der Waals surface area contributed by atoms with E-state index in [1.165, 1.54) is 6.07 Å². The van der Waals surface area contributed by atoms with Gasteiger partial charge in [-0.15, -0.1) is 11.3 Å². The third-order valence-electron chi connectivity index (χ3n) is 4.81. The lowest BCUT2D eigenvalue weighted by Crippen LogP contribution is -2.44. The maximum absolute atomic E-state index is 14.1. The molecule has 2 N–H and O–H groups in total. The molecule has 1 aromatic heterocycles. The Morgan fingerprint density at radius 2 is 2.04 bits per heavy atom. The first kappa shape index (κ1) is 16.3. The van der Waals surface area contributed by atoms with Crippen LogP contribution in [0.25, 0.3) is 0 Å². The zero-order valence-corrected chi connectivity index (χ0v) is 14.7. The summed E-state index contributed by atoms with van der Waals surface area (Å²) in [7, 11) is 0. The van der Waals surface area contributed by atoms with Crippen LogP contribution in [0.2, 0.25) is 0 Å². The molecule has 0 radical (unpaired) electrons. The van der Waals surface area contributed by atoms with Crippen molar-refractivity contribution in [2.24, 2.45) is 0 Å². The molecule has 2 amide bonds. The van der Waals surface area contributed by atoms with Crippen LogP contribution in [0.4, 0.5) is 20.0 Å². The van der Waals surface area contributed by atoms with E-state index in [4.69, 9.17) is 0 Å². The van der Waals surface area contributed by atoms with E-state index in [9.17, 15) is 9.18 Å². The van der Waals surface area contributed by atoms with Crippen LogP contribution in [0, 0.1) is 5.82 Å². The SMILES string of the molecule is O=C(Nc1ccc(C2CC2)c(F)c1)N1CCC(Nc2nccs2)CC1. The Hall–Kier alpha value is -2.15. The largest absolute Gasteiger partial charge is 0.359 e. The standard InChI is InChI=1S/C18H21FN4OS/c19-16-11-14(3-4-15(16)12-1-2-12)22-18(24)23-8-5-13(6-9-23)21-17-20-7-10-25-17/h3-4,7,10-13H,1-2,5-6,8-9H2,(H,20,21)(H,22,24). The quantitative estimate of drug-likeness (QED) is 0.856. The van der Waals surface area contributed by atoms with Crippen molar-refractivity contribution in [3.05, 3.63) is 41.2 Å². The minimum Gasteiger partial charge on any atom is -0.359 e. The van der Waals surface area contributed by atoms with Gasteiger partial charge in [-0.05, 0) is 49.3 Å². The number of amides is 2. The lowest BCUT2D eigenvalue weighted by atomic mass is 10.1. The summed E-state index contributed by atoms with van der Waals surface area (Å²) in [5.41, 5.74) is 1.29. The molecule has 1 aromatic carbocycles. The van der Waals surface area contributed by atoms with Gasteiger partial charge in [0.25, 0.3) is 0 Å². The molecule has 5 nitrogen and oxygen atoms in total. The van der Waals surface area contributed by atoms with Gasteiger partial charge < -0.3 is 15.5 Å². The van der Waals surface area contributed by atoms with E-state index < -0.39 is 0 Å². The Morgan fingerprint density at radius 1 is 1.24 bits per heavy atom. The predicted octanol–water partition coefficient (Wildman–Crippen LogP) is 4.27. The molecule has 2 heterocycles. The Bertz CT molecular complexity index is 740. The van der Waals surface area contributed by atoms with Gasteiger partial charge in [0.05, 0.1) is 0 Å². The van der Waals surface area contributed by atoms with E-state index in [1.807, 2.05) is 5.38 Å². The van der Waals surface area contributed by atoms with Crippen LogP contribution in [-0.2, 0) is 0 Å². The van der Waals surface area contributed by atoms with Crippen molar-refractivity contribution in [3.8, 4) is 0 Å². The summed E-state index contributed by atoms with van der Waals surface area (Å²) in [5, 5.41) is 9.08. The van der Waals surface area contributed by atoms with Crippen LogP contribution >= 0.6 is 11.3 Å². The summed E-state index contributed by atoms with van der Waals surface area (Å²) in [6, 6.07) is 5.21.